The average Bonchev–Trinajstić information content (AvgIpc) is 3.43. The molecule has 34 heavy (non-hydrogen) atoms. The summed E-state index contributed by atoms with van der Waals surface area (Å²) < 4.78 is 25.6. The van der Waals surface area contributed by atoms with Gasteiger partial charge < -0.3 is 4.90 Å². The van der Waals surface area contributed by atoms with Gasteiger partial charge in [0.05, 0.1) is 23.6 Å². The second-order valence-corrected chi connectivity index (χ2v) is 11.6. The minimum absolute atomic E-state index is 0.0198. The standard InChI is InChI=1S/C26H30N4O3S/c1-20-7-9-22(10-8-20)25-24(18-30(27-25)17-21-5-3-2-4-6-21)26(31)29-14-12-28(13-15-29)23-11-16-34(32,33)19-23/h2-10,18,23H,11-17,19H2,1H3/t23-/m0/s1. The Labute approximate surface area is 200 Å². The van der Waals surface area contributed by atoms with Crippen LogP contribution in [0, 0.1) is 6.92 Å². The number of hydrogen-bond acceptors (Lipinski definition) is 5. The number of amides is 1. The van der Waals surface area contributed by atoms with E-state index >= 15 is 0 Å². The third-order valence-corrected chi connectivity index (χ3v) is 8.58. The van der Waals surface area contributed by atoms with Crippen molar-refractivity contribution in [2.24, 2.45) is 0 Å². The smallest absolute Gasteiger partial charge is 0.257 e. The molecule has 0 radical (unpaired) electrons. The SMILES string of the molecule is Cc1ccc(-c2nn(Cc3ccccc3)cc2C(=O)N2CCN([C@H]3CCS(=O)(=O)C3)CC2)cc1. The maximum absolute atomic E-state index is 13.6. The second-order valence-electron chi connectivity index (χ2n) is 9.33. The first-order valence-corrected chi connectivity index (χ1v) is 13.6. The van der Waals surface area contributed by atoms with E-state index in [1.165, 1.54) is 0 Å². The van der Waals surface area contributed by atoms with E-state index in [1.807, 2.05) is 65.2 Å². The number of carbonyl (C=O) groups excluding carboxylic acids is 1. The lowest BCUT2D eigenvalue weighted by Crippen LogP contribution is -2.52. The Kier molecular flexibility index (Phi) is 6.27. The molecule has 0 unspecified atom stereocenters. The summed E-state index contributed by atoms with van der Waals surface area (Å²) in [4.78, 5) is 17.7. The van der Waals surface area contributed by atoms with E-state index in [-0.39, 0.29) is 23.5 Å². The molecule has 5 rings (SSSR count). The molecule has 2 saturated heterocycles. The van der Waals surface area contributed by atoms with E-state index in [4.69, 9.17) is 5.10 Å². The lowest BCUT2D eigenvalue weighted by Gasteiger charge is -2.37. The van der Waals surface area contributed by atoms with Crippen LogP contribution < -0.4 is 0 Å². The molecule has 3 aromatic rings. The fourth-order valence-corrected chi connectivity index (χ4v) is 6.64. The van der Waals surface area contributed by atoms with E-state index in [0.717, 1.165) is 16.7 Å². The lowest BCUT2D eigenvalue weighted by atomic mass is 10.1. The molecule has 3 heterocycles. The highest BCUT2D eigenvalue weighted by molar-refractivity contribution is 7.91. The number of hydrogen-bond donors (Lipinski definition) is 0. The predicted octanol–water partition coefficient (Wildman–Crippen LogP) is 2.85. The van der Waals surface area contributed by atoms with Crippen LogP contribution in [-0.4, -0.2) is 77.6 Å². The van der Waals surface area contributed by atoms with Gasteiger partial charge in [-0.1, -0.05) is 60.2 Å². The molecule has 0 saturated carbocycles. The Balaban J connectivity index is 1.36. The van der Waals surface area contributed by atoms with Crippen molar-refractivity contribution in [1.29, 1.82) is 0 Å². The van der Waals surface area contributed by atoms with Gasteiger partial charge in [0, 0.05) is 44.0 Å². The summed E-state index contributed by atoms with van der Waals surface area (Å²) in [6.07, 6.45) is 2.56. The molecule has 2 aliphatic rings. The first-order valence-electron chi connectivity index (χ1n) is 11.8. The molecule has 2 aromatic carbocycles. The minimum Gasteiger partial charge on any atom is -0.336 e. The van der Waals surface area contributed by atoms with Crippen LogP contribution in [0.25, 0.3) is 11.3 Å². The van der Waals surface area contributed by atoms with Crippen LogP contribution in [0.15, 0.2) is 60.8 Å². The van der Waals surface area contributed by atoms with Crippen molar-refractivity contribution in [1.82, 2.24) is 19.6 Å². The number of benzene rings is 2. The summed E-state index contributed by atoms with van der Waals surface area (Å²) in [5.41, 5.74) is 4.52. The number of aromatic nitrogens is 2. The molecule has 0 bridgehead atoms. The molecule has 1 atom stereocenters. The van der Waals surface area contributed by atoms with Gasteiger partial charge in [0.15, 0.2) is 9.84 Å². The van der Waals surface area contributed by atoms with Crippen LogP contribution in [0.1, 0.15) is 27.9 Å². The zero-order valence-corrected chi connectivity index (χ0v) is 20.2. The molecule has 0 aliphatic carbocycles. The zero-order valence-electron chi connectivity index (χ0n) is 19.4. The van der Waals surface area contributed by atoms with Crippen LogP contribution in [0.5, 0.6) is 0 Å². The number of nitrogens with zero attached hydrogens (tertiary/aromatic N) is 4. The Morgan fingerprint density at radius 2 is 1.71 bits per heavy atom. The summed E-state index contributed by atoms with van der Waals surface area (Å²) >= 11 is 0. The summed E-state index contributed by atoms with van der Waals surface area (Å²) in [6, 6.07) is 18.3. The Morgan fingerprint density at radius 3 is 2.35 bits per heavy atom. The van der Waals surface area contributed by atoms with Gasteiger partial charge in [-0.3, -0.25) is 14.4 Å². The number of carbonyl (C=O) groups is 1. The fraction of sp³-hybridized carbons (Fsp3) is 0.385. The van der Waals surface area contributed by atoms with Crippen LogP contribution in [-0.2, 0) is 16.4 Å². The number of aryl methyl sites for hydroxylation is 1. The maximum atomic E-state index is 13.6. The van der Waals surface area contributed by atoms with E-state index in [9.17, 15) is 13.2 Å². The number of rotatable bonds is 5. The Morgan fingerprint density at radius 1 is 1.00 bits per heavy atom. The summed E-state index contributed by atoms with van der Waals surface area (Å²) in [7, 11) is -2.91. The molecule has 2 aliphatic heterocycles. The molecule has 1 amide bonds. The molecule has 1 aromatic heterocycles. The van der Waals surface area contributed by atoms with Gasteiger partial charge >= 0.3 is 0 Å². The van der Waals surface area contributed by atoms with Gasteiger partial charge in [0.25, 0.3) is 5.91 Å². The van der Waals surface area contributed by atoms with E-state index in [2.05, 4.69) is 17.0 Å². The average molecular weight is 479 g/mol. The van der Waals surface area contributed by atoms with Crippen molar-refractivity contribution in [2.45, 2.75) is 25.9 Å². The Bertz CT molecular complexity index is 1260. The van der Waals surface area contributed by atoms with Crippen molar-refractivity contribution < 1.29 is 13.2 Å². The van der Waals surface area contributed by atoms with Gasteiger partial charge in [-0.15, -0.1) is 0 Å². The summed E-state index contributed by atoms with van der Waals surface area (Å²) in [5.74, 6) is 0.496. The van der Waals surface area contributed by atoms with Crippen LogP contribution in [0.4, 0.5) is 0 Å². The monoisotopic (exact) mass is 478 g/mol. The third-order valence-electron chi connectivity index (χ3n) is 6.83. The zero-order chi connectivity index (χ0) is 23.7. The summed E-state index contributed by atoms with van der Waals surface area (Å²) in [6.45, 7) is 5.21. The van der Waals surface area contributed by atoms with Crippen molar-refractivity contribution in [2.75, 3.05) is 37.7 Å². The van der Waals surface area contributed by atoms with Gasteiger partial charge in [-0.2, -0.15) is 5.10 Å². The number of piperazine rings is 1. The Hall–Kier alpha value is -2.97. The van der Waals surface area contributed by atoms with Crippen molar-refractivity contribution in [3.8, 4) is 11.3 Å². The highest BCUT2D eigenvalue weighted by Gasteiger charge is 2.35. The van der Waals surface area contributed by atoms with Gasteiger partial charge in [0.2, 0.25) is 0 Å². The minimum atomic E-state index is -2.91. The van der Waals surface area contributed by atoms with Crippen LogP contribution in [0.2, 0.25) is 0 Å². The van der Waals surface area contributed by atoms with Gasteiger partial charge in [-0.05, 0) is 18.9 Å². The van der Waals surface area contributed by atoms with Crippen molar-refractivity contribution >= 4 is 15.7 Å². The van der Waals surface area contributed by atoms with E-state index < -0.39 is 9.84 Å². The largest absolute Gasteiger partial charge is 0.336 e. The molecule has 0 spiro atoms. The predicted molar refractivity (Wildman–Crippen MR) is 132 cm³/mol. The molecule has 7 nitrogen and oxygen atoms in total. The topological polar surface area (TPSA) is 75.5 Å². The lowest BCUT2D eigenvalue weighted by molar-refractivity contribution is 0.0588. The van der Waals surface area contributed by atoms with Crippen LogP contribution in [0.3, 0.4) is 0 Å². The highest BCUT2D eigenvalue weighted by atomic mass is 32.2. The molecule has 8 heteroatoms. The summed E-state index contributed by atoms with van der Waals surface area (Å²) in [5, 5.41) is 4.81. The van der Waals surface area contributed by atoms with Crippen molar-refractivity contribution in [3.63, 3.8) is 0 Å². The highest BCUT2D eigenvalue weighted by Crippen LogP contribution is 2.26. The quantitative estimate of drug-likeness (QED) is 0.564. The molecular formula is C26H30N4O3S. The molecule has 2 fully saturated rings. The first-order chi connectivity index (χ1) is 16.4. The van der Waals surface area contributed by atoms with E-state index in [1.54, 1.807) is 0 Å². The van der Waals surface area contributed by atoms with E-state index in [0.29, 0.717) is 50.4 Å². The van der Waals surface area contributed by atoms with Gasteiger partial charge in [-0.25, -0.2) is 8.42 Å². The normalized spacial score (nSPS) is 20.5. The maximum Gasteiger partial charge on any atom is 0.257 e. The van der Waals surface area contributed by atoms with Gasteiger partial charge in [0.1, 0.15) is 5.69 Å². The molecule has 178 valence electrons. The first kappa shape index (κ1) is 22.8. The second kappa shape index (κ2) is 9.35. The van der Waals surface area contributed by atoms with Crippen LogP contribution >= 0.6 is 0 Å². The fourth-order valence-electron chi connectivity index (χ4n) is 4.88. The number of sulfone groups is 1. The van der Waals surface area contributed by atoms with Crippen molar-refractivity contribution in [3.05, 3.63) is 77.5 Å². The third kappa shape index (κ3) is 4.93. The molecular weight excluding hydrogens is 448 g/mol. The molecule has 0 N–H and O–H groups in total.